The highest BCUT2D eigenvalue weighted by atomic mass is 16.5. The minimum atomic E-state index is -0.253. The standard InChI is InChI=1S/C26H38N6O2/c1-16(2)23(24-28-29-30-32(24)26(5,6)7)31(15-20-9-8-10-34-20)14-19-13-21-18(4)11-17(3)12-22(21)27-25(19)33/h11-13,16,20,23H,8-10,14-15H2,1-7H3,(H,27,33)/t20-,23+/m1/s1. The predicted octanol–water partition coefficient (Wildman–Crippen LogP) is 4.26. The van der Waals surface area contributed by atoms with Gasteiger partial charge in [0.2, 0.25) is 0 Å². The van der Waals surface area contributed by atoms with Crippen LogP contribution in [0, 0.1) is 19.8 Å². The van der Waals surface area contributed by atoms with Crippen molar-refractivity contribution in [3.05, 3.63) is 51.1 Å². The van der Waals surface area contributed by atoms with Gasteiger partial charge in [-0.2, -0.15) is 0 Å². The van der Waals surface area contributed by atoms with Gasteiger partial charge >= 0.3 is 0 Å². The van der Waals surface area contributed by atoms with Gasteiger partial charge in [-0.05, 0) is 87.1 Å². The number of aromatic nitrogens is 5. The average molecular weight is 467 g/mol. The summed E-state index contributed by atoms with van der Waals surface area (Å²) < 4.78 is 7.93. The monoisotopic (exact) mass is 466 g/mol. The highest BCUT2D eigenvalue weighted by Gasteiger charge is 2.34. The fourth-order valence-electron chi connectivity index (χ4n) is 5.12. The normalized spacial score (nSPS) is 17.9. The zero-order chi connectivity index (χ0) is 24.6. The van der Waals surface area contributed by atoms with Crippen molar-refractivity contribution >= 4 is 10.9 Å². The summed E-state index contributed by atoms with van der Waals surface area (Å²) in [6.07, 6.45) is 2.24. The Kier molecular flexibility index (Phi) is 6.92. The number of aryl methyl sites for hydroxylation is 2. The van der Waals surface area contributed by atoms with Crippen LogP contribution in [0.5, 0.6) is 0 Å². The number of fused-ring (bicyclic) bond motifs is 1. The molecule has 2 atom stereocenters. The number of aromatic amines is 1. The number of pyridine rings is 1. The molecule has 1 fully saturated rings. The van der Waals surface area contributed by atoms with Gasteiger partial charge in [-0.3, -0.25) is 9.69 Å². The van der Waals surface area contributed by atoms with Gasteiger partial charge in [0.15, 0.2) is 5.82 Å². The molecule has 8 nitrogen and oxygen atoms in total. The number of nitrogens with zero attached hydrogens (tertiary/aromatic N) is 5. The minimum absolute atomic E-state index is 0.0484. The van der Waals surface area contributed by atoms with Crippen molar-refractivity contribution in [1.82, 2.24) is 30.1 Å². The van der Waals surface area contributed by atoms with E-state index in [1.54, 1.807) is 0 Å². The van der Waals surface area contributed by atoms with Crippen LogP contribution in [0.1, 0.15) is 76.0 Å². The molecule has 2 aromatic heterocycles. The van der Waals surface area contributed by atoms with E-state index in [9.17, 15) is 4.79 Å². The summed E-state index contributed by atoms with van der Waals surface area (Å²) in [6, 6.07) is 6.18. The molecule has 1 aromatic carbocycles. The molecule has 0 bridgehead atoms. The maximum Gasteiger partial charge on any atom is 0.252 e. The molecule has 184 valence electrons. The highest BCUT2D eigenvalue weighted by molar-refractivity contribution is 5.83. The molecule has 0 spiro atoms. The second-order valence-corrected chi connectivity index (χ2v) is 11.0. The summed E-state index contributed by atoms with van der Waals surface area (Å²) in [5.74, 6) is 1.06. The SMILES string of the molecule is Cc1cc(C)c2cc(CN(C[C@H]3CCCO3)[C@H](c3nnnn3C(C)(C)C)C(C)C)c(=O)[nH]c2c1. The van der Waals surface area contributed by atoms with Crippen molar-refractivity contribution in [2.24, 2.45) is 5.92 Å². The lowest BCUT2D eigenvalue weighted by molar-refractivity contribution is 0.0371. The van der Waals surface area contributed by atoms with Gasteiger partial charge in [0, 0.05) is 36.2 Å². The fourth-order valence-corrected chi connectivity index (χ4v) is 5.12. The quantitative estimate of drug-likeness (QED) is 0.560. The van der Waals surface area contributed by atoms with E-state index in [0.29, 0.717) is 6.54 Å². The largest absolute Gasteiger partial charge is 0.377 e. The third-order valence-electron chi connectivity index (χ3n) is 6.64. The fraction of sp³-hybridized carbons (Fsp3) is 0.615. The number of tetrazole rings is 1. The molecule has 34 heavy (non-hydrogen) atoms. The zero-order valence-electron chi connectivity index (χ0n) is 21.6. The van der Waals surface area contributed by atoms with Gasteiger partial charge in [-0.1, -0.05) is 19.9 Å². The van der Waals surface area contributed by atoms with E-state index in [0.717, 1.165) is 59.4 Å². The number of H-pyrrole nitrogens is 1. The van der Waals surface area contributed by atoms with E-state index in [4.69, 9.17) is 4.74 Å². The van der Waals surface area contributed by atoms with E-state index >= 15 is 0 Å². The topological polar surface area (TPSA) is 88.9 Å². The first-order chi connectivity index (χ1) is 16.0. The number of benzene rings is 1. The summed E-state index contributed by atoms with van der Waals surface area (Å²) in [7, 11) is 0. The third kappa shape index (κ3) is 5.08. The Morgan fingerprint density at radius 2 is 2.00 bits per heavy atom. The smallest absolute Gasteiger partial charge is 0.252 e. The van der Waals surface area contributed by atoms with E-state index in [2.05, 4.69) is 86.0 Å². The van der Waals surface area contributed by atoms with Crippen molar-refractivity contribution in [2.45, 2.75) is 85.5 Å². The van der Waals surface area contributed by atoms with Crippen LogP contribution in [0.25, 0.3) is 10.9 Å². The maximum atomic E-state index is 13.2. The Morgan fingerprint density at radius 3 is 2.65 bits per heavy atom. The molecule has 8 heteroatoms. The molecule has 4 rings (SSSR count). The molecule has 1 aliphatic rings. The van der Waals surface area contributed by atoms with E-state index < -0.39 is 0 Å². The highest BCUT2D eigenvalue weighted by Crippen LogP contribution is 2.32. The molecule has 3 heterocycles. The Balaban J connectivity index is 1.78. The van der Waals surface area contributed by atoms with Crippen LogP contribution in [-0.4, -0.2) is 49.3 Å². The zero-order valence-corrected chi connectivity index (χ0v) is 21.6. The molecule has 0 aliphatic carbocycles. The summed E-state index contributed by atoms with van der Waals surface area (Å²) in [6.45, 7) is 16.8. The average Bonchev–Trinajstić information content (AvgIpc) is 3.40. The summed E-state index contributed by atoms with van der Waals surface area (Å²) >= 11 is 0. The molecule has 1 saturated heterocycles. The van der Waals surface area contributed by atoms with E-state index in [1.165, 1.54) is 0 Å². The van der Waals surface area contributed by atoms with Crippen LogP contribution in [-0.2, 0) is 16.8 Å². The van der Waals surface area contributed by atoms with Crippen molar-refractivity contribution in [3.63, 3.8) is 0 Å². The second-order valence-electron chi connectivity index (χ2n) is 11.0. The van der Waals surface area contributed by atoms with Crippen LogP contribution in [0.3, 0.4) is 0 Å². The van der Waals surface area contributed by atoms with Gasteiger partial charge in [-0.15, -0.1) is 5.10 Å². The molecular weight excluding hydrogens is 428 g/mol. The molecular formula is C26H38N6O2. The lowest BCUT2D eigenvalue weighted by Gasteiger charge is -2.36. The van der Waals surface area contributed by atoms with Crippen molar-refractivity contribution < 1.29 is 4.74 Å². The Hall–Kier alpha value is -2.58. The van der Waals surface area contributed by atoms with Crippen LogP contribution < -0.4 is 5.56 Å². The second kappa shape index (κ2) is 9.58. The van der Waals surface area contributed by atoms with Crippen molar-refractivity contribution in [1.29, 1.82) is 0 Å². The molecule has 0 radical (unpaired) electrons. The third-order valence-corrected chi connectivity index (χ3v) is 6.64. The van der Waals surface area contributed by atoms with Gasteiger partial charge in [0.1, 0.15) is 0 Å². The predicted molar refractivity (Wildman–Crippen MR) is 134 cm³/mol. The van der Waals surface area contributed by atoms with Crippen molar-refractivity contribution in [2.75, 3.05) is 13.2 Å². The number of ether oxygens (including phenoxy) is 1. The first kappa shape index (κ1) is 24.5. The molecule has 0 amide bonds. The van der Waals surface area contributed by atoms with Gasteiger partial charge in [0.25, 0.3) is 5.56 Å². The number of hydrogen-bond acceptors (Lipinski definition) is 6. The Bertz CT molecular complexity index is 1200. The Labute approximate surface area is 201 Å². The lowest BCUT2D eigenvalue weighted by atomic mass is 9.98. The number of nitrogens with one attached hydrogen (secondary N) is 1. The first-order valence-electron chi connectivity index (χ1n) is 12.3. The lowest BCUT2D eigenvalue weighted by Crippen LogP contribution is -2.41. The van der Waals surface area contributed by atoms with E-state index in [1.807, 2.05) is 10.7 Å². The molecule has 1 N–H and O–H groups in total. The Morgan fingerprint density at radius 1 is 1.24 bits per heavy atom. The van der Waals surface area contributed by atoms with Crippen LogP contribution >= 0.6 is 0 Å². The van der Waals surface area contributed by atoms with Gasteiger partial charge in [0.05, 0.1) is 17.7 Å². The summed E-state index contributed by atoms with van der Waals surface area (Å²) in [5.41, 5.74) is 3.63. The molecule has 0 unspecified atom stereocenters. The summed E-state index contributed by atoms with van der Waals surface area (Å²) in [5, 5.41) is 13.9. The van der Waals surface area contributed by atoms with Gasteiger partial charge in [-0.25, -0.2) is 4.68 Å². The van der Waals surface area contributed by atoms with Crippen molar-refractivity contribution in [3.8, 4) is 0 Å². The number of hydrogen-bond donors (Lipinski definition) is 1. The minimum Gasteiger partial charge on any atom is -0.377 e. The van der Waals surface area contributed by atoms with Gasteiger partial charge < -0.3 is 9.72 Å². The molecule has 1 aliphatic heterocycles. The van der Waals surface area contributed by atoms with Crippen LogP contribution in [0.4, 0.5) is 0 Å². The number of rotatable bonds is 7. The van der Waals surface area contributed by atoms with E-state index in [-0.39, 0.29) is 29.2 Å². The van der Waals surface area contributed by atoms with Crippen LogP contribution in [0.15, 0.2) is 23.0 Å². The van der Waals surface area contributed by atoms with Crippen LogP contribution in [0.2, 0.25) is 0 Å². The molecule has 3 aromatic rings. The first-order valence-corrected chi connectivity index (χ1v) is 12.3. The maximum absolute atomic E-state index is 13.2. The molecule has 0 saturated carbocycles. The summed E-state index contributed by atoms with van der Waals surface area (Å²) in [4.78, 5) is 18.6.